The van der Waals surface area contributed by atoms with Gasteiger partial charge in [-0.05, 0) is 61.5 Å². The van der Waals surface area contributed by atoms with Gasteiger partial charge in [-0.1, -0.05) is 36.2 Å². The van der Waals surface area contributed by atoms with E-state index >= 15 is 0 Å². The molecule has 2 heterocycles. The number of hydrogen-bond acceptors (Lipinski definition) is 5. The zero-order valence-electron chi connectivity index (χ0n) is 17.3. The van der Waals surface area contributed by atoms with Crippen LogP contribution in [0.5, 0.6) is 5.88 Å². The number of nitrogens with zero attached hydrogens (tertiary/aromatic N) is 2. The second-order valence-corrected chi connectivity index (χ2v) is 9.56. The SMILES string of the molecule is O=C(CCCCCn1c(O)c(/C=C2\C=Nc3ccccc32)sc1=S)Nc1ccc(Cl)cc1. The number of carbonyl (C=O) groups is 1. The van der Waals surface area contributed by atoms with Crippen molar-refractivity contribution in [3.8, 4) is 5.88 Å². The molecule has 0 radical (unpaired) electrons. The number of allylic oxidation sites excluding steroid dienone is 1. The quantitative estimate of drug-likeness (QED) is 0.265. The smallest absolute Gasteiger partial charge is 0.224 e. The van der Waals surface area contributed by atoms with Crippen LogP contribution >= 0.6 is 35.2 Å². The summed E-state index contributed by atoms with van der Waals surface area (Å²) >= 11 is 12.7. The van der Waals surface area contributed by atoms with Crippen LogP contribution in [-0.2, 0) is 11.3 Å². The van der Waals surface area contributed by atoms with E-state index in [1.165, 1.54) is 11.3 Å². The van der Waals surface area contributed by atoms with E-state index in [9.17, 15) is 9.90 Å². The Labute approximate surface area is 200 Å². The van der Waals surface area contributed by atoms with Crippen molar-refractivity contribution in [2.45, 2.75) is 32.2 Å². The first kappa shape index (κ1) is 22.5. The lowest BCUT2D eigenvalue weighted by atomic mass is 10.1. The van der Waals surface area contributed by atoms with Crippen LogP contribution in [0.25, 0.3) is 11.6 Å². The molecule has 2 aromatic carbocycles. The molecule has 8 heteroatoms. The summed E-state index contributed by atoms with van der Waals surface area (Å²) in [4.78, 5) is 17.2. The predicted octanol–water partition coefficient (Wildman–Crippen LogP) is 7.09. The Morgan fingerprint density at radius 3 is 2.75 bits per heavy atom. The standard InChI is InChI=1S/C24H22ClN3O2S2/c25-17-9-11-18(12-10-17)27-22(29)8-2-1-5-13-28-23(30)21(32-24(28)31)14-16-15-26-20-7-4-3-6-19(16)20/h3-4,6-7,9-12,14-15,30H,1-2,5,8,13H2,(H,27,29)/b16-14+. The van der Waals surface area contributed by atoms with Crippen molar-refractivity contribution in [3.05, 3.63) is 67.9 Å². The van der Waals surface area contributed by atoms with Gasteiger partial charge in [0.1, 0.15) is 0 Å². The van der Waals surface area contributed by atoms with Gasteiger partial charge in [0.05, 0.1) is 10.6 Å². The normalized spacial score (nSPS) is 13.5. The molecule has 0 bridgehead atoms. The fraction of sp³-hybridized carbons (Fsp3) is 0.208. The summed E-state index contributed by atoms with van der Waals surface area (Å²) in [5.41, 5.74) is 3.69. The molecule has 32 heavy (non-hydrogen) atoms. The summed E-state index contributed by atoms with van der Waals surface area (Å²) in [6.07, 6.45) is 6.64. The van der Waals surface area contributed by atoms with Gasteiger partial charge in [0.25, 0.3) is 0 Å². The summed E-state index contributed by atoms with van der Waals surface area (Å²) in [5.74, 6) is 0.167. The molecule has 1 amide bonds. The van der Waals surface area contributed by atoms with E-state index in [4.69, 9.17) is 23.8 Å². The Morgan fingerprint density at radius 1 is 1.16 bits per heavy atom. The lowest BCUT2D eigenvalue weighted by molar-refractivity contribution is -0.116. The first-order valence-electron chi connectivity index (χ1n) is 10.3. The van der Waals surface area contributed by atoms with E-state index in [0.717, 1.165) is 46.7 Å². The molecule has 0 unspecified atom stereocenters. The molecule has 0 saturated heterocycles. The second kappa shape index (κ2) is 10.3. The van der Waals surface area contributed by atoms with Crippen LogP contribution in [0.1, 0.15) is 36.1 Å². The molecule has 1 aliphatic rings. The number of aliphatic imine (C=N–C) groups is 1. The molecular weight excluding hydrogens is 462 g/mol. The lowest BCUT2D eigenvalue weighted by Gasteiger charge is -2.07. The second-order valence-electron chi connectivity index (χ2n) is 7.45. The van der Waals surface area contributed by atoms with Crippen molar-refractivity contribution in [2.75, 3.05) is 5.32 Å². The van der Waals surface area contributed by atoms with Crippen molar-refractivity contribution in [1.29, 1.82) is 0 Å². The van der Waals surface area contributed by atoms with Crippen LogP contribution in [0.4, 0.5) is 11.4 Å². The molecule has 0 fully saturated rings. The fourth-order valence-corrected chi connectivity index (χ4v) is 4.93. The summed E-state index contributed by atoms with van der Waals surface area (Å²) in [7, 11) is 0. The Hall–Kier alpha value is -2.74. The summed E-state index contributed by atoms with van der Waals surface area (Å²) in [5, 5.41) is 14.2. The Bertz CT molecular complexity index is 1240. The van der Waals surface area contributed by atoms with Crippen LogP contribution in [-0.4, -0.2) is 21.8 Å². The number of thiazole rings is 1. The molecule has 1 aromatic heterocycles. The first-order valence-corrected chi connectivity index (χ1v) is 11.9. The van der Waals surface area contributed by atoms with Crippen molar-refractivity contribution in [2.24, 2.45) is 4.99 Å². The number of carbonyl (C=O) groups excluding carboxylic acids is 1. The number of nitrogens with one attached hydrogen (secondary N) is 1. The topological polar surface area (TPSA) is 66.6 Å². The van der Waals surface area contributed by atoms with Crippen LogP contribution in [0.15, 0.2) is 53.5 Å². The third-order valence-corrected chi connectivity index (χ3v) is 6.79. The van der Waals surface area contributed by atoms with Gasteiger partial charge in [0, 0.05) is 41.0 Å². The van der Waals surface area contributed by atoms with Crippen LogP contribution < -0.4 is 5.32 Å². The highest BCUT2D eigenvalue weighted by molar-refractivity contribution is 7.73. The number of anilines is 1. The van der Waals surface area contributed by atoms with E-state index in [-0.39, 0.29) is 11.8 Å². The number of halogens is 1. The molecule has 0 atom stereocenters. The summed E-state index contributed by atoms with van der Waals surface area (Å²) < 4.78 is 2.40. The van der Waals surface area contributed by atoms with Gasteiger partial charge in [0.2, 0.25) is 11.8 Å². The average Bonchev–Trinajstić information content (AvgIpc) is 3.31. The molecule has 3 aromatic rings. The number of hydrogen-bond donors (Lipinski definition) is 2. The molecule has 0 spiro atoms. The van der Waals surface area contributed by atoms with Gasteiger partial charge < -0.3 is 10.4 Å². The summed E-state index contributed by atoms with van der Waals surface area (Å²) in [6, 6.07) is 15.0. The summed E-state index contributed by atoms with van der Waals surface area (Å²) in [6.45, 7) is 0.619. The number of unbranched alkanes of at least 4 members (excludes halogenated alkanes) is 2. The van der Waals surface area contributed by atoms with Gasteiger partial charge in [-0.25, -0.2) is 0 Å². The predicted molar refractivity (Wildman–Crippen MR) is 136 cm³/mol. The van der Waals surface area contributed by atoms with Crippen LogP contribution in [0.3, 0.4) is 0 Å². The fourth-order valence-electron chi connectivity index (χ4n) is 3.49. The molecule has 2 N–H and O–H groups in total. The minimum absolute atomic E-state index is 0.0188. The maximum Gasteiger partial charge on any atom is 0.224 e. The molecule has 1 aliphatic heterocycles. The van der Waals surface area contributed by atoms with Gasteiger partial charge in [-0.3, -0.25) is 14.4 Å². The minimum atomic E-state index is -0.0188. The third-order valence-electron chi connectivity index (χ3n) is 5.15. The maximum absolute atomic E-state index is 12.1. The number of aromatic nitrogens is 1. The highest BCUT2D eigenvalue weighted by Gasteiger charge is 2.15. The number of benzene rings is 2. The zero-order chi connectivity index (χ0) is 22.5. The molecule has 0 aliphatic carbocycles. The minimum Gasteiger partial charge on any atom is -0.493 e. The largest absolute Gasteiger partial charge is 0.493 e. The van der Waals surface area contributed by atoms with Crippen molar-refractivity contribution in [3.63, 3.8) is 0 Å². The van der Waals surface area contributed by atoms with Gasteiger partial charge in [-0.2, -0.15) is 0 Å². The van der Waals surface area contributed by atoms with E-state index in [1.54, 1.807) is 28.8 Å². The van der Waals surface area contributed by atoms with Gasteiger partial charge in [-0.15, -0.1) is 11.3 Å². The molecule has 5 nitrogen and oxygen atoms in total. The van der Waals surface area contributed by atoms with Gasteiger partial charge >= 0.3 is 0 Å². The van der Waals surface area contributed by atoms with E-state index in [0.29, 0.717) is 21.9 Å². The highest BCUT2D eigenvalue weighted by Crippen LogP contribution is 2.35. The van der Waals surface area contributed by atoms with Crippen molar-refractivity contribution >= 4 is 70.3 Å². The average molecular weight is 484 g/mol. The van der Waals surface area contributed by atoms with Crippen LogP contribution in [0, 0.1) is 3.95 Å². The zero-order valence-corrected chi connectivity index (χ0v) is 19.6. The van der Waals surface area contributed by atoms with Crippen LogP contribution in [0.2, 0.25) is 5.02 Å². The van der Waals surface area contributed by atoms with Crippen molar-refractivity contribution < 1.29 is 9.90 Å². The third kappa shape index (κ3) is 5.35. The number of amides is 1. The highest BCUT2D eigenvalue weighted by atomic mass is 35.5. The van der Waals surface area contributed by atoms with Gasteiger partial charge in [0.15, 0.2) is 3.95 Å². The lowest BCUT2D eigenvalue weighted by Crippen LogP contribution is -2.11. The Balaban J connectivity index is 1.28. The first-order chi connectivity index (χ1) is 15.5. The van der Waals surface area contributed by atoms with Crippen molar-refractivity contribution in [1.82, 2.24) is 4.57 Å². The molecular formula is C24H22ClN3O2S2. The monoisotopic (exact) mass is 483 g/mol. The molecule has 0 saturated carbocycles. The van der Waals surface area contributed by atoms with E-state index in [1.807, 2.05) is 36.6 Å². The van der Waals surface area contributed by atoms with E-state index < -0.39 is 0 Å². The molecule has 164 valence electrons. The maximum atomic E-state index is 12.1. The number of para-hydroxylation sites is 1. The Morgan fingerprint density at radius 2 is 1.94 bits per heavy atom. The molecule has 4 rings (SSSR count). The number of aromatic hydroxyl groups is 1. The van der Waals surface area contributed by atoms with E-state index in [2.05, 4.69) is 10.3 Å². The number of rotatable bonds is 8. The Kier molecular flexibility index (Phi) is 7.19. The number of fused-ring (bicyclic) bond motifs is 1.